The van der Waals surface area contributed by atoms with Crippen LogP contribution < -0.4 is 38.5 Å². The number of hydrogen-bond donors (Lipinski definition) is 7. The van der Waals surface area contributed by atoms with Crippen molar-refractivity contribution < 1.29 is 24.0 Å². The molecule has 0 spiro atoms. The molecule has 5 rings (SSSR count). The van der Waals surface area contributed by atoms with E-state index in [1.165, 1.54) is 0 Å². The van der Waals surface area contributed by atoms with Crippen LogP contribution in [-0.4, -0.2) is 66.8 Å². The summed E-state index contributed by atoms with van der Waals surface area (Å²) in [5.41, 5.74) is 19.3. The van der Waals surface area contributed by atoms with Crippen molar-refractivity contribution in [2.24, 2.45) is 17.2 Å². The van der Waals surface area contributed by atoms with Gasteiger partial charge in [-0.2, -0.15) is 0 Å². The lowest BCUT2D eigenvalue weighted by atomic mass is 9.98. The molecule has 5 aromatic rings. The Hall–Kier alpha value is -6.11. The number of primary amides is 1. The van der Waals surface area contributed by atoms with E-state index in [0.29, 0.717) is 38.8 Å². The highest BCUT2D eigenvalue weighted by Gasteiger charge is 2.31. The van der Waals surface area contributed by atoms with Crippen molar-refractivity contribution in [3.05, 3.63) is 132 Å². The maximum absolute atomic E-state index is 14.5. The fourth-order valence-corrected chi connectivity index (χ4v) is 6.80. The Kier molecular flexibility index (Phi) is 15.7. The molecule has 5 amide bonds. The molecule has 0 heterocycles. The van der Waals surface area contributed by atoms with E-state index in [1.54, 1.807) is 0 Å². The van der Waals surface area contributed by atoms with Crippen LogP contribution in [0.4, 0.5) is 0 Å². The number of nitrogens with one attached hydrogen (secondary N) is 4. The van der Waals surface area contributed by atoms with Gasteiger partial charge in [0, 0.05) is 25.7 Å². The van der Waals surface area contributed by atoms with Gasteiger partial charge in [-0.3, -0.25) is 24.0 Å². The van der Waals surface area contributed by atoms with Crippen molar-refractivity contribution in [1.29, 1.82) is 0 Å². The molecule has 0 aliphatic rings. The molecule has 12 heteroatoms. The van der Waals surface area contributed by atoms with Crippen molar-refractivity contribution in [2.45, 2.75) is 75.5 Å². The first kappa shape index (κ1) is 42.0. The van der Waals surface area contributed by atoms with Crippen molar-refractivity contribution in [1.82, 2.24) is 21.3 Å². The van der Waals surface area contributed by atoms with Gasteiger partial charge in [0.05, 0.1) is 0 Å². The first-order valence-corrected chi connectivity index (χ1v) is 19.5. The number of fused-ring (bicyclic) bond motifs is 2. The molecule has 57 heavy (non-hydrogen) atoms. The standard InChI is InChI=1S/C45H53N7O5/c46-23-9-8-17-37(42(48)54)50-44(56)39(27-30-11-2-1-3-12-30)51-45(57)40(29-32-20-22-34-14-5-7-16-36(34)26-32)52-43(55)38(49-41(53)18-10-24-47)28-31-19-21-33-13-4-6-15-35(33)25-31/h1-7,11-16,19-22,25-26,37-40H,8-10,17-18,23-24,27-29,46-47H2,(H2,48,54)(H,49,53)(H,50,56)(H,51,57)(H,52,55)/t37-,38+,39-,40+/m0/s1. The minimum atomic E-state index is -1.17. The first-order chi connectivity index (χ1) is 27.6. The second-order valence-corrected chi connectivity index (χ2v) is 14.3. The molecule has 5 aromatic carbocycles. The number of hydrogen-bond acceptors (Lipinski definition) is 7. The molecule has 0 aliphatic heterocycles. The molecular formula is C45H53N7O5. The van der Waals surface area contributed by atoms with Gasteiger partial charge in [-0.25, -0.2) is 0 Å². The van der Waals surface area contributed by atoms with Gasteiger partial charge >= 0.3 is 0 Å². The van der Waals surface area contributed by atoms with E-state index in [0.717, 1.165) is 38.2 Å². The number of carbonyl (C=O) groups excluding carboxylic acids is 5. The molecule has 0 aromatic heterocycles. The van der Waals surface area contributed by atoms with E-state index < -0.39 is 47.8 Å². The van der Waals surface area contributed by atoms with Gasteiger partial charge in [0.2, 0.25) is 29.5 Å². The predicted molar refractivity (Wildman–Crippen MR) is 224 cm³/mol. The van der Waals surface area contributed by atoms with Crippen LogP contribution >= 0.6 is 0 Å². The summed E-state index contributed by atoms with van der Waals surface area (Å²) in [5.74, 6) is -2.82. The largest absolute Gasteiger partial charge is 0.368 e. The Bertz CT molecular complexity index is 2140. The van der Waals surface area contributed by atoms with Gasteiger partial charge in [-0.1, -0.05) is 115 Å². The van der Waals surface area contributed by atoms with E-state index in [1.807, 2.05) is 115 Å². The second-order valence-electron chi connectivity index (χ2n) is 14.3. The molecular weight excluding hydrogens is 719 g/mol. The Morgan fingerprint density at radius 3 is 1.39 bits per heavy atom. The Morgan fingerprint density at radius 1 is 0.456 bits per heavy atom. The van der Waals surface area contributed by atoms with Crippen LogP contribution in [-0.2, 0) is 43.2 Å². The molecule has 0 aliphatic carbocycles. The topological polar surface area (TPSA) is 212 Å². The average molecular weight is 772 g/mol. The van der Waals surface area contributed by atoms with E-state index in [2.05, 4.69) is 21.3 Å². The van der Waals surface area contributed by atoms with E-state index in [-0.39, 0.29) is 31.6 Å². The lowest BCUT2D eigenvalue weighted by Crippen LogP contribution is -2.59. The quantitative estimate of drug-likeness (QED) is 0.0553. The zero-order chi connectivity index (χ0) is 40.6. The number of amides is 5. The van der Waals surface area contributed by atoms with Gasteiger partial charge in [-0.05, 0) is 77.0 Å². The van der Waals surface area contributed by atoms with Crippen LogP contribution in [0.15, 0.2) is 115 Å². The minimum absolute atomic E-state index is 0.0783. The zero-order valence-electron chi connectivity index (χ0n) is 32.1. The second kappa shape index (κ2) is 21.3. The third-order valence-electron chi connectivity index (χ3n) is 9.92. The summed E-state index contributed by atoms with van der Waals surface area (Å²) in [6, 6.07) is 32.2. The van der Waals surface area contributed by atoms with Crippen molar-refractivity contribution in [3.63, 3.8) is 0 Å². The number of carbonyl (C=O) groups is 5. The van der Waals surface area contributed by atoms with E-state index in [9.17, 15) is 24.0 Å². The maximum atomic E-state index is 14.5. The highest BCUT2D eigenvalue weighted by atomic mass is 16.2. The third-order valence-corrected chi connectivity index (χ3v) is 9.92. The molecule has 0 unspecified atom stereocenters. The van der Waals surface area contributed by atoms with Crippen molar-refractivity contribution in [3.8, 4) is 0 Å². The van der Waals surface area contributed by atoms with Crippen molar-refractivity contribution in [2.75, 3.05) is 13.1 Å². The van der Waals surface area contributed by atoms with Gasteiger partial charge < -0.3 is 38.5 Å². The molecule has 0 fully saturated rings. The van der Waals surface area contributed by atoms with Gasteiger partial charge in [0.15, 0.2) is 0 Å². The van der Waals surface area contributed by atoms with Crippen LogP contribution in [0.1, 0.15) is 48.8 Å². The summed E-state index contributed by atoms with van der Waals surface area (Å²) in [6.45, 7) is 0.742. The molecule has 0 saturated carbocycles. The maximum Gasteiger partial charge on any atom is 0.243 e. The summed E-state index contributed by atoms with van der Waals surface area (Å²) in [6.07, 6.45) is 2.43. The van der Waals surface area contributed by atoms with E-state index >= 15 is 0 Å². The Labute approximate surface area is 333 Å². The normalized spacial score (nSPS) is 13.2. The Balaban J connectivity index is 1.45. The number of nitrogens with two attached hydrogens (primary N) is 3. The summed E-state index contributed by atoms with van der Waals surface area (Å²) in [7, 11) is 0. The first-order valence-electron chi connectivity index (χ1n) is 19.5. The minimum Gasteiger partial charge on any atom is -0.368 e. The highest BCUT2D eigenvalue weighted by Crippen LogP contribution is 2.19. The summed E-state index contributed by atoms with van der Waals surface area (Å²) in [5, 5.41) is 15.4. The number of unbranched alkanes of at least 4 members (excludes halogenated alkanes) is 1. The third kappa shape index (κ3) is 12.7. The molecule has 12 nitrogen and oxygen atoms in total. The van der Waals surface area contributed by atoms with Crippen LogP contribution in [0.5, 0.6) is 0 Å². The van der Waals surface area contributed by atoms with Gasteiger partial charge in [0.25, 0.3) is 0 Å². The molecule has 4 atom stereocenters. The zero-order valence-corrected chi connectivity index (χ0v) is 32.1. The van der Waals surface area contributed by atoms with Crippen LogP contribution in [0.2, 0.25) is 0 Å². The van der Waals surface area contributed by atoms with Crippen LogP contribution in [0.25, 0.3) is 21.5 Å². The molecule has 0 radical (unpaired) electrons. The van der Waals surface area contributed by atoms with Gasteiger partial charge in [-0.15, -0.1) is 0 Å². The molecule has 0 saturated heterocycles. The predicted octanol–water partition coefficient (Wildman–Crippen LogP) is 3.31. The lowest BCUT2D eigenvalue weighted by molar-refractivity contribution is -0.134. The van der Waals surface area contributed by atoms with E-state index in [4.69, 9.17) is 17.2 Å². The summed E-state index contributed by atoms with van der Waals surface area (Å²) in [4.78, 5) is 68.1. The SMILES string of the molecule is NCCCC[C@H](NC(=O)[C@H](Cc1ccccc1)NC(=O)[C@@H](Cc1ccc2ccccc2c1)NC(=O)[C@@H](Cc1ccc2ccccc2c1)NC(=O)CCCN)C(N)=O. The number of benzene rings is 5. The monoisotopic (exact) mass is 771 g/mol. The lowest BCUT2D eigenvalue weighted by Gasteiger charge is -2.27. The fourth-order valence-electron chi connectivity index (χ4n) is 6.80. The van der Waals surface area contributed by atoms with Gasteiger partial charge in [0.1, 0.15) is 24.2 Å². The number of rotatable bonds is 21. The summed E-state index contributed by atoms with van der Waals surface area (Å²) >= 11 is 0. The molecule has 0 bridgehead atoms. The van der Waals surface area contributed by atoms with Crippen molar-refractivity contribution >= 4 is 51.1 Å². The highest BCUT2D eigenvalue weighted by molar-refractivity contribution is 5.96. The Morgan fingerprint density at radius 2 is 0.895 bits per heavy atom. The molecule has 298 valence electrons. The fraction of sp³-hybridized carbons (Fsp3) is 0.311. The van der Waals surface area contributed by atoms with Crippen LogP contribution in [0.3, 0.4) is 0 Å². The molecule has 10 N–H and O–H groups in total. The van der Waals surface area contributed by atoms with Crippen LogP contribution in [0, 0.1) is 0 Å². The summed E-state index contributed by atoms with van der Waals surface area (Å²) < 4.78 is 0. The average Bonchev–Trinajstić information content (AvgIpc) is 3.22. The smallest absolute Gasteiger partial charge is 0.243 e.